The Balaban J connectivity index is 1.49. The number of Topliss-reactive ketones (excluding diaryl/α,β-unsaturated/α-hetero) is 1. The van der Waals surface area contributed by atoms with Crippen LogP contribution in [0.2, 0.25) is 0 Å². The van der Waals surface area contributed by atoms with Gasteiger partial charge in [-0.25, -0.2) is 0 Å². The van der Waals surface area contributed by atoms with Gasteiger partial charge in [-0.05, 0) is 25.0 Å². The van der Waals surface area contributed by atoms with Crippen molar-refractivity contribution >= 4 is 17.5 Å². The van der Waals surface area contributed by atoms with Gasteiger partial charge in [-0.15, -0.1) is 0 Å². The number of aromatic nitrogens is 3. The fourth-order valence-corrected chi connectivity index (χ4v) is 4.78. The lowest BCUT2D eigenvalue weighted by Gasteiger charge is -2.39. The standard InChI is InChI=1S/C21H19F6N5O3/c22-20(23,24)15-2-1-11(7-28-15)14(33)9-32-16(21(25,26)27)3-4-30-18(34)6-17(29-19(30)32)31-8-13-5-12(31)10-35-13/h1-2,6-7,12-13,16H,3-5,8-10H2/t12?,13?,16-/m0/s1. The largest absolute Gasteiger partial charge is 0.433 e. The molecule has 8 nitrogen and oxygen atoms in total. The number of carbonyl (C=O) groups excluding carboxylic acids is 1. The molecule has 3 aliphatic heterocycles. The van der Waals surface area contributed by atoms with E-state index in [1.165, 1.54) is 6.07 Å². The van der Waals surface area contributed by atoms with Gasteiger partial charge < -0.3 is 14.5 Å². The van der Waals surface area contributed by atoms with Gasteiger partial charge in [0.25, 0.3) is 5.56 Å². The summed E-state index contributed by atoms with van der Waals surface area (Å²) in [4.78, 5) is 35.7. The van der Waals surface area contributed by atoms with Crippen LogP contribution in [0.5, 0.6) is 0 Å². The number of anilines is 2. The fraction of sp³-hybridized carbons (Fsp3) is 0.524. The SMILES string of the molecule is O=C(CN1c2nc(N3CC4CC3CO4)cc(=O)n2CC[C@H]1C(F)(F)F)c1ccc(C(F)(F)F)nc1. The van der Waals surface area contributed by atoms with Crippen molar-refractivity contribution in [3.05, 3.63) is 46.0 Å². The van der Waals surface area contributed by atoms with Gasteiger partial charge in [0.05, 0.1) is 25.3 Å². The maximum Gasteiger partial charge on any atom is 0.433 e. The van der Waals surface area contributed by atoms with E-state index in [-0.39, 0.29) is 36.0 Å². The molecule has 2 aromatic heterocycles. The normalized spacial score (nSPS) is 24.1. The lowest BCUT2D eigenvalue weighted by molar-refractivity contribution is -0.152. The van der Waals surface area contributed by atoms with Crippen LogP contribution in [0.3, 0.4) is 0 Å². The summed E-state index contributed by atoms with van der Waals surface area (Å²) < 4.78 is 86.7. The molecule has 0 spiro atoms. The molecule has 2 fully saturated rings. The highest BCUT2D eigenvalue weighted by molar-refractivity contribution is 5.99. The zero-order valence-corrected chi connectivity index (χ0v) is 18.0. The number of ketones is 1. The minimum absolute atomic E-state index is 0.0478. The monoisotopic (exact) mass is 503 g/mol. The van der Waals surface area contributed by atoms with Crippen LogP contribution in [0.15, 0.2) is 29.2 Å². The number of morpholine rings is 1. The van der Waals surface area contributed by atoms with Crippen molar-refractivity contribution in [1.82, 2.24) is 14.5 Å². The Morgan fingerprint density at radius 1 is 1.17 bits per heavy atom. The highest BCUT2D eigenvalue weighted by Crippen LogP contribution is 2.36. The summed E-state index contributed by atoms with van der Waals surface area (Å²) in [5, 5.41) is 0. The molecule has 3 aliphatic rings. The van der Waals surface area contributed by atoms with E-state index in [4.69, 9.17) is 4.74 Å². The molecule has 0 N–H and O–H groups in total. The van der Waals surface area contributed by atoms with Crippen molar-refractivity contribution in [2.45, 2.75) is 49.9 Å². The van der Waals surface area contributed by atoms with E-state index >= 15 is 0 Å². The summed E-state index contributed by atoms with van der Waals surface area (Å²) in [5.41, 5.74) is -2.07. The maximum absolute atomic E-state index is 13.9. The van der Waals surface area contributed by atoms with Crippen molar-refractivity contribution < 1.29 is 35.9 Å². The zero-order valence-electron chi connectivity index (χ0n) is 18.0. The van der Waals surface area contributed by atoms with Gasteiger partial charge in [-0.2, -0.15) is 31.3 Å². The van der Waals surface area contributed by atoms with Crippen LogP contribution >= 0.6 is 0 Å². The van der Waals surface area contributed by atoms with Gasteiger partial charge >= 0.3 is 12.4 Å². The van der Waals surface area contributed by atoms with Crippen molar-refractivity contribution in [2.75, 3.05) is 29.5 Å². The van der Waals surface area contributed by atoms with Crippen LogP contribution in [0, 0.1) is 0 Å². The van der Waals surface area contributed by atoms with Crippen molar-refractivity contribution in [1.29, 1.82) is 0 Å². The van der Waals surface area contributed by atoms with Crippen LogP contribution in [-0.4, -0.2) is 64.4 Å². The summed E-state index contributed by atoms with van der Waals surface area (Å²) in [5.74, 6) is -0.992. The molecule has 0 amide bonds. The number of hydrogen-bond donors (Lipinski definition) is 0. The first-order valence-electron chi connectivity index (χ1n) is 10.8. The minimum Gasteiger partial charge on any atom is -0.374 e. The highest BCUT2D eigenvalue weighted by atomic mass is 19.4. The second-order valence-electron chi connectivity index (χ2n) is 8.73. The summed E-state index contributed by atoms with van der Waals surface area (Å²) in [6, 6.07) is 0.560. The van der Waals surface area contributed by atoms with Crippen molar-refractivity contribution in [3.63, 3.8) is 0 Å². The van der Waals surface area contributed by atoms with Crippen molar-refractivity contribution in [2.24, 2.45) is 0 Å². The molecule has 5 heterocycles. The predicted molar refractivity (Wildman–Crippen MR) is 109 cm³/mol. The third-order valence-electron chi connectivity index (χ3n) is 6.50. The molecule has 2 unspecified atom stereocenters. The Morgan fingerprint density at radius 2 is 1.94 bits per heavy atom. The van der Waals surface area contributed by atoms with Gasteiger partial charge in [0.15, 0.2) is 5.78 Å². The second-order valence-corrected chi connectivity index (χ2v) is 8.73. The molecule has 3 atom stereocenters. The smallest absolute Gasteiger partial charge is 0.374 e. The van der Waals surface area contributed by atoms with Gasteiger partial charge in [0.2, 0.25) is 5.95 Å². The summed E-state index contributed by atoms with van der Waals surface area (Å²) in [6.07, 6.45) is -8.61. The number of rotatable bonds is 4. The number of carbonyl (C=O) groups is 1. The fourth-order valence-electron chi connectivity index (χ4n) is 4.78. The molecule has 188 valence electrons. The van der Waals surface area contributed by atoms with Gasteiger partial charge in [-0.1, -0.05) is 0 Å². The highest BCUT2D eigenvalue weighted by Gasteiger charge is 2.48. The average Bonchev–Trinajstić information content (AvgIpc) is 3.42. The molecule has 2 aromatic rings. The van der Waals surface area contributed by atoms with Crippen LogP contribution in [0.4, 0.5) is 38.1 Å². The second kappa shape index (κ2) is 8.21. The number of alkyl halides is 6. The molecule has 5 rings (SSSR count). The molecule has 0 saturated carbocycles. The number of fused-ring (bicyclic) bond motifs is 3. The van der Waals surface area contributed by atoms with E-state index in [0.717, 1.165) is 10.6 Å². The molecular formula is C21H19F6N5O3. The van der Waals surface area contributed by atoms with E-state index in [9.17, 15) is 35.9 Å². The van der Waals surface area contributed by atoms with Gasteiger partial charge in [0.1, 0.15) is 17.6 Å². The van der Waals surface area contributed by atoms with Crippen LogP contribution in [0.1, 0.15) is 28.9 Å². The van der Waals surface area contributed by atoms with E-state index in [1.54, 1.807) is 0 Å². The minimum atomic E-state index is -4.74. The molecule has 35 heavy (non-hydrogen) atoms. The number of nitrogens with zero attached hydrogens (tertiary/aromatic N) is 5. The van der Waals surface area contributed by atoms with Gasteiger partial charge in [-0.3, -0.25) is 19.1 Å². The molecule has 2 saturated heterocycles. The Morgan fingerprint density at radius 3 is 2.51 bits per heavy atom. The summed E-state index contributed by atoms with van der Waals surface area (Å²) >= 11 is 0. The Bertz CT molecular complexity index is 1200. The topological polar surface area (TPSA) is 80.6 Å². The third-order valence-corrected chi connectivity index (χ3v) is 6.50. The third kappa shape index (κ3) is 4.34. The molecule has 0 aromatic carbocycles. The molecule has 2 bridgehead atoms. The Labute approximate surface area is 194 Å². The lowest BCUT2D eigenvalue weighted by atomic mass is 10.1. The number of pyridine rings is 1. The Kier molecular flexibility index (Phi) is 5.53. The van der Waals surface area contributed by atoms with Crippen molar-refractivity contribution in [3.8, 4) is 0 Å². The van der Waals surface area contributed by atoms with E-state index in [1.807, 2.05) is 4.90 Å². The number of ether oxygens (including phenoxy) is 1. The van der Waals surface area contributed by atoms with Crippen LogP contribution in [-0.2, 0) is 17.5 Å². The Hall–Kier alpha value is -3.16. The first-order valence-corrected chi connectivity index (χ1v) is 10.8. The molecule has 0 aliphatic carbocycles. The number of halogens is 6. The van der Waals surface area contributed by atoms with E-state index < -0.39 is 48.4 Å². The quantitative estimate of drug-likeness (QED) is 0.469. The van der Waals surface area contributed by atoms with Gasteiger partial charge in [0, 0.05) is 30.9 Å². The summed E-state index contributed by atoms with van der Waals surface area (Å²) in [6.45, 7) is -0.228. The van der Waals surface area contributed by atoms with E-state index in [2.05, 4.69) is 9.97 Å². The molecule has 0 radical (unpaired) electrons. The molecular weight excluding hydrogens is 484 g/mol. The average molecular weight is 503 g/mol. The molecule has 14 heteroatoms. The predicted octanol–water partition coefficient (Wildman–Crippen LogP) is 2.66. The van der Waals surface area contributed by atoms with Crippen LogP contribution < -0.4 is 15.4 Å². The maximum atomic E-state index is 13.9. The first-order chi connectivity index (χ1) is 16.4. The van der Waals surface area contributed by atoms with E-state index in [0.29, 0.717) is 36.7 Å². The number of hydrogen-bond acceptors (Lipinski definition) is 7. The summed E-state index contributed by atoms with van der Waals surface area (Å²) in [7, 11) is 0. The first kappa shape index (κ1) is 23.6. The lowest BCUT2D eigenvalue weighted by Crippen LogP contribution is -2.54. The zero-order chi connectivity index (χ0) is 25.1. The van der Waals surface area contributed by atoms with Crippen LogP contribution in [0.25, 0.3) is 0 Å².